The predicted octanol–water partition coefficient (Wildman–Crippen LogP) is 1.59. The number of sulfonamides is 1. The highest BCUT2D eigenvalue weighted by Crippen LogP contribution is 2.20. The Morgan fingerprint density at radius 1 is 1.33 bits per heavy atom. The summed E-state index contributed by atoms with van der Waals surface area (Å²) in [6, 6.07) is 0. The first-order chi connectivity index (χ1) is 8.20. The van der Waals surface area contributed by atoms with Crippen LogP contribution in [0.4, 0.5) is 0 Å². The molecule has 5 heteroatoms. The van der Waals surface area contributed by atoms with E-state index in [1.165, 1.54) is 0 Å². The third kappa shape index (κ3) is 6.16. The molecule has 0 aromatic heterocycles. The summed E-state index contributed by atoms with van der Waals surface area (Å²) in [5.41, 5.74) is 0.0663. The number of nitrogens with one attached hydrogen (secondary N) is 2. The zero-order valence-corrected chi connectivity index (χ0v) is 12.9. The summed E-state index contributed by atoms with van der Waals surface area (Å²) in [4.78, 5) is 0. The topological polar surface area (TPSA) is 58.2 Å². The lowest BCUT2D eigenvalue weighted by Crippen LogP contribution is -2.41. The molecule has 1 saturated heterocycles. The van der Waals surface area contributed by atoms with Crippen LogP contribution in [-0.4, -0.2) is 33.8 Å². The molecule has 1 rings (SSSR count). The lowest BCUT2D eigenvalue weighted by atomic mass is 9.88. The van der Waals surface area contributed by atoms with Crippen molar-refractivity contribution in [2.45, 2.75) is 40.5 Å². The lowest BCUT2D eigenvalue weighted by Gasteiger charge is -2.29. The van der Waals surface area contributed by atoms with Crippen molar-refractivity contribution in [1.29, 1.82) is 0 Å². The van der Waals surface area contributed by atoms with Crippen LogP contribution in [-0.2, 0) is 10.0 Å². The molecule has 0 aromatic carbocycles. The van der Waals surface area contributed by atoms with Crippen molar-refractivity contribution in [3.63, 3.8) is 0 Å². The Hall–Kier alpha value is -0.130. The largest absolute Gasteiger partial charge is 0.316 e. The second-order valence-electron chi connectivity index (χ2n) is 6.71. The van der Waals surface area contributed by atoms with Crippen molar-refractivity contribution in [2.75, 3.05) is 25.4 Å². The molecule has 0 aliphatic carbocycles. The summed E-state index contributed by atoms with van der Waals surface area (Å²) in [5.74, 6) is 1.25. The van der Waals surface area contributed by atoms with E-state index in [0.29, 0.717) is 24.8 Å². The van der Waals surface area contributed by atoms with Gasteiger partial charge < -0.3 is 5.32 Å². The molecule has 2 N–H and O–H groups in total. The SMILES string of the molecule is CC1CNCCC1CNS(=O)(=O)CCC(C)(C)C. The molecule has 2 atom stereocenters. The van der Waals surface area contributed by atoms with Crippen molar-refractivity contribution in [3.05, 3.63) is 0 Å². The quantitative estimate of drug-likeness (QED) is 0.801. The van der Waals surface area contributed by atoms with Gasteiger partial charge in [-0.2, -0.15) is 0 Å². The van der Waals surface area contributed by atoms with Crippen LogP contribution in [0.5, 0.6) is 0 Å². The molecule has 2 unspecified atom stereocenters. The Morgan fingerprint density at radius 2 is 2.00 bits per heavy atom. The van der Waals surface area contributed by atoms with Crippen LogP contribution in [0.1, 0.15) is 40.5 Å². The monoisotopic (exact) mass is 276 g/mol. The average molecular weight is 276 g/mol. The second-order valence-corrected chi connectivity index (χ2v) is 8.63. The van der Waals surface area contributed by atoms with Gasteiger partial charge in [-0.3, -0.25) is 0 Å². The van der Waals surface area contributed by atoms with Crippen LogP contribution in [0.2, 0.25) is 0 Å². The highest BCUT2D eigenvalue weighted by atomic mass is 32.2. The van der Waals surface area contributed by atoms with Crippen molar-refractivity contribution in [2.24, 2.45) is 17.3 Å². The van der Waals surface area contributed by atoms with Crippen LogP contribution in [0.25, 0.3) is 0 Å². The standard InChI is InChI=1S/C13H28N2O2S/c1-11-9-14-7-5-12(11)10-15-18(16,17)8-6-13(2,3)4/h11-12,14-15H,5-10H2,1-4H3. The fourth-order valence-corrected chi connectivity index (χ4v) is 3.61. The van der Waals surface area contributed by atoms with E-state index in [1.54, 1.807) is 0 Å². The Labute approximate surface area is 112 Å². The van der Waals surface area contributed by atoms with Crippen LogP contribution in [0.3, 0.4) is 0 Å². The van der Waals surface area contributed by atoms with E-state index >= 15 is 0 Å². The van der Waals surface area contributed by atoms with E-state index in [-0.39, 0.29) is 11.2 Å². The minimum atomic E-state index is -3.11. The Balaban J connectivity index is 2.36. The molecule has 108 valence electrons. The van der Waals surface area contributed by atoms with Gasteiger partial charge in [-0.1, -0.05) is 27.7 Å². The van der Waals surface area contributed by atoms with Crippen LogP contribution in [0, 0.1) is 17.3 Å². The van der Waals surface area contributed by atoms with Crippen LogP contribution in [0.15, 0.2) is 0 Å². The Bertz CT molecular complexity index is 346. The summed E-state index contributed by atoms with van der Waals surface area (Å²) >= 11 is 0. The number of rotatable bonds is 5. The number of hydrogen-bond donors (Lipinski definition) is 2. The summed E-state index contributed by atoms with van der Waals surface area (Å²) in [6.07, 6.45) is 1.76. The third-order valence-electron chi connectivity index (χ3n) is 3.65. The van der Waals surface area contributed by atoms with Gasteiger partial charge in [0.25, 0.3) is 0 Å². The maximum absolute atomic E-state index is 11.9. The van der Waals surface area contributed by atoms with Crippen molar-refractivity contribution < 1.29 is 8.42 Å². The van der Waals surface area contributed by atoms with E-state index in [0.717, 1.165) is 19.5 Å². The van der Waals surface area contributed by atoms with Gasteiger partial charge >= 0.3 is 0 Å². The lowest BCUT2D eigenvalue weighted by molar-refractivity contribution is 0.274. The fraction of sp³-hybridized carbons (Fsp3) is 1.00. The van der Waals surface area contributed by atoms with Crippen molar-refractivity contribution in [3.8, 4) is 0 Å². The van der Waals surface area contributed by atoms with Gasteiger partial charge in [-0.05, 0) is 43.2 Å². The Kier molecular flexibility index (Phi) is 5.62. The first kappa shape index (κ1) is 15.9. The molecule has 1 heterocycles. The fourth-order valence-electron chi connectivity index (χ4n) is 2.12. The van der Waals surface area contributed by atoms with E-state index in [4.69, 9.17) is 0 Å². The molecule has 0 amide bonds. The van der Waals surface area contributed by atoms with E-state index in [9.17, 15) is 8.42 Å². The first-order valence-corrected chi connectivity index (χ1v) is 8.53. The maximum atomic E-state index is 11.9. The first-order valence-electron chi connectivity index (χ1n) is 6.88. The molecular formula is C13H28N2O2S. The minimum absolute atomic E-state index is 0.0663. The molecule has 0 spiro atoms. The van der Waals surface area contributed by atoms with E-state index in [1.807, 2.05) is 0 Å². The summed E-state index contributed by atoms with van der Waals surface area (Å²) in [5, 5.41) is 3.33. The molecule has 0 bridgehead atoms. The molecule has 18 heavy (non-hydrogen) atoms. The molecule has 0 aromatic rings. The zero-order valence-electron chi connectivity index (χ0n) is 12.1. The number of piperidine rings is 1. The van der Waals surface area contributed by atoms with Gasteiger partial charge in [0.1, 0.15) is 0 Å². The molecule has 1 fully saturated rings. The van der Waals surface area contributed by atoms with Crippen LogP contribution < -0.4 is 10.0 Å². The van der Waals surface area contributed by atoms with Crippen LogP contribution >= 0.6 is 0 Å². The summed E-state index contributed by atoms with van der Waals surface area (Å²) in [6.45, 7) is 11.0. The number of hydrogen-bond acceptors (Lipinski definition) is 3. The molecule has 4 nitrogen and oxygen atoms in total. The minimum Gasteiger partial charge on any atom is -0.316 e. The van der Waals surface area contributed by atoms with Crippen molar-refractivity contribution in [1.82, 2.24) is 10.0 Å². The van der Waals surface area contributed by atoms with Gasteiger partial charge in [0.2, 0.25) is 10.0 Å². The summed E-state index contributed by atoms with van der Waals surface area (Å²) < 4.78 is 26.6. The summed E-state index contributed by atoms with van der Waals surface area (Å²) in [7, 11) is -3.11. The van der Waals surface area contributed by atoms with Gasteiger partial charge in [-0.25, -0.2) is 13.1 Å². The smallest absolute Gasteiger partial charge is 0.211 e. The zero-order chi connectivity index (χ0) is 13.8. The molecule has 0 radical (unpaired) electrons. The highest BCUT2D eigenvalue weighted by molar-refractivity contribution is 7.89. The van der Waals surface area contributed by atoms with Gasteiger partial charge in [0.15, 0.2) is 0 Å². The predicted molar refractivity (Wildman–Crippen MR) is 76.0 cm³/mol. The Morgan fingerprint density at radius 3 is 2.56 bits per heavy atom. The highest BCUT2D eigenvalue weighted by Gasteiger charge is 2.23. The third-order valence-corrected chi connectivity index (χ3v) is 5.00. The average Bonchev–Trinajstić information content (AvgIpc) is 2.25. The molecule has 0 saturated carbocycles. The maximum Gasteiger partial charge on any atom is 0.211 e. The van der Waals surface area contributed by atoms with Gasteiger partial charge in [0.05, 0.1) is 5.75 Å². The van der Waals surface area contributed by atoms with E-state index in [2.05, 4.69) is 37.7 Å². The molecule has 1 aliphatic heterocycles. The van der Waals surface area contributed by atoms with Gasteiger partial charge in [0, 0.05) is 6.54 Å². The second kappa shape index (κ2) is 6.35. The van der Waals surface area contributed by atoms with E-state index < -0.39 is 10.0 Å². The van der Waals surface area contributed by atoms with Crippen molar-refractivity contribution >= 4 is 10.0 Å². The molecule has 1 aliphatic rings. The molecular weight excluding hydrogens is 248 g/mol. The van der Waals surface area contributed by atoms with Gasteiger partial charge in [-0.15, -0.1) is 0 Å². The normalized spacial score (nSPS) is 26.2.